The van der Waals surface area contributed by atoms with Gasteiger partial charge in [-0.1, -0.05) is 6.42 Å². The Labute approximate surface area is 118 Å². The lowest BCUT2D eigenvalue weighted by molar-refractivity contribution is 0.0693. The van der Waals surface area contributed by atoms with Gasteiger partial charge in [0.2, 0.25) is 0 Å². The molecule has 110 valence electrons. The van der Waals surface area contributed by atoms with Crippen molar-refractivity contribution in [3.05, 3.63) is 33.2 Å². The van der Waals surface area contributed by atoms with E-state index < -0.39 is 5.97 Å². The molecule has 0 aliphatic carbocycles. The lowest BCUT2D eigenvalue weighted by Gasteiger charge is -2.27. The van der Waals surface area contributed by atoms with E-state index in [1.54, 1.807) is 17.6 Å². The van der Waals surface area contributed by atoms with Gasteiger partial charge in [-0.25, -0.2) is 4.79 Å². The molecule has 5 nitrogen and oxygen atoms in total. The van der Waals surface area contributed by atoms with Crippen LogP contribution < -0.4 is 5.56 Å². The van der Waals surface area contributed by atoms with E-state index in [4.69, 9.17) is 5.11 Å². The van der Waals surface area contributed by atoms with E-state index in [1.165, 1.54) is 19.3 Å². The van der Waals surface area contributed by atoms with Crippen LogP contribution in [0.4, 0.5) is 0 Å². The number of hydrogen-bond acceptors (Lipinski definition) is 3. The van der Waals surface area contributed by atoms with Crippen LogP contribution in [-0.4, -0.2) is 40.2 Å². The van der Waals surface area contributed by atoms with Crippen LogP contribution in [0.3, 0.4) is 0 Å². The fourth-order valence-corrected chi connectivity index (χ4v) is 2.89. The third kappa shape index (κ3) is 3.10. The quantitative estimate of drug-likeness (QED) is 0.909. The molecular formula is C15H22N2O3. The first-order valence-corrected chi connectivity index (χ1v) is 7.17. The molecule has 1 N–H and O–H groups in total. The van der Waals surface area contributed by atoms with Crippen LogP contribution >= 0.6 is 0 Å². The Morgan fingerprint density at radius 1 is 1.20 bits per heavy atom. The number of carboxylic acid groups (broad SMARTS) is 1. The molecule has 0 saturated carbocycles. The van der Waals surface area contributed by atoms with Crippen molar-refractivity contribution < 1.29 is 9.90 Å². The van der Waals surface area contributed by atoms with Gasteiger partial charge < -0.3 is 14.6 Å². The summed E-state index contributed by atoms with van der Waals surface area (Å²) >= 11 is 0. The fourth-order valence-electron chi connectivity index (χ4n) is 2.89. The van der Waals surface area contributed by atoms with Crippen molar-refractivity contribution in [1.29, 1.82) is 0 Å². The highest BCUT2D eigenvalue weighted by Crippen LogP contribution is 2.10. The summed E-state index contributed by atoms with van der Waals surface area (Å²) in [4.78, 5) is 25.8. The summed E-state index contributed by atoms with van der Waals surface area (Å²) in [5.41, 5.74) is 0.880. The Bertz CT molecular complexity index is 557. The number of hydrogen-bond donors (Lipinski definition) is 1. The Morgan fingerprint density at radius 2 is 1.85 bits per heavy atom. The monoisotopic (exact) mass is 278 g/mol. The minimum atomic E-state index is -1.14. The standard InChI is InChI=1S/C15H22N2O3/c1-11-10-12(2)17(14(18)13(11)15(19)20)9-8-16-6-4-3-5-7-16/h10H,3-9H2,1-2H3,(H,19,20). The Hall–Kier alpha value is -1.62. The molecule has 1 aliphatic heterocycles. The van der Waals surface area contributed by atoms with E-state index in [-0.39, 0.29) is 11.1 Å². The predicted octanol–water partition coefficient (Wildman–Crippen LogP) is 1.65. The van der Waals surface area contributed by atoms with Crippen molar-refractivity contribution in [1.82, 2.24) is 9.47 Å². The smallest absolute Gasteiger partial charge is 0.341 e. The van der Waals surface area contributed by atoms with Crippen molar-refractivity contribution in [2.24, 2.45) is 0 Å². The molecule has 2 rings (SSSR count). The van der Waals surface area contributed by atoms with Gasteiger partial charge in [-0.15, -0.1) is 0 Å². The summed E-state index contributed by atoms with van der Waals surface area (Å²) in [6, 6.07) is 1.78. The van der Waals surface area contributed by atoms with Gasteiger partial charge in [-0.3, -0.25) is 4.79 Å². The largest absolute Gasteiger partial charge is 0.477 e. The fraction of sp³-hybridized carbons (Fsp3) is 0.600. The first kappa shape index (κ1) is 14.8. The zero-order chi connectivity index (χ0) is 14.7. The Kier molecular flexibility index (Phi) is 4.60. The van der Waals surface area contributed by atoms with Gasteiger partial charge in [0.05, 0.1) is 0 Å². The highest BCUT2D eigenvalue weighted by atomic mass is 16.4. The van der Waals surface area contributed by atoms with E-state index in [0.717, 1.165) is 25.3 Å². The number of likely N-dealkylation sites (tertiary alicyclic amines) is 1. The Balaban J connectivity index is 2.20. The molecule has 1 fully saturated rings. The lowest BCUT2D eigenvalue weighted by Crippen LogP contribution is -2.36. The maximum atomic E-state index is 12.3. The number of carboxylic acids is 1. The maximum absolute atomic E-state index is 12.3. The number of aromatic carboxylic acids is 1. The van der Waals surface area contributed by atoms with Crippen molar-refractivity contribution in [2.45, 2.75) is 39.7 Å². The second-order valence-electron chi connectivity index (χ2n) is 5.51. The van der Waals surface area contributed by atoms with E-state index in [0.29, 0.717) is 12.1 Å². The second kappa shape index (κ2) is 6.22. The molecule has 5 heteroatoms. The zero-order valence-electron chi connectivity index (χ0n) is 12.2. The van der Waals surface area contributed by atoms with Gasteiger partial charge in [0, 0.05) is 18.8 Å². The summed E-state index contributed by atoms with van der Waals surface area (Å²) in [6.45, 7) is 7.05. The predicted molar refractivity (Wildman–Crippen MR) is 77.4 cm³/mol. The third-order valence-electron chi connectivity index (χ3n) is 4.01. The van der Waals surface area contributed by atoms with Gasteiger partial charge in [0.1, 0.15) is 5.56 Å². The van der Waals surface area contributed by atoms with E-state index in [9.17, 15) is 9.59 Å². The molecule has 0 aromatic carbocycles. The van der Waals surface area contributed by atoms with Gasteiger partial charge >= 0.3 is 5.97 Å². The maximum Gasteiger partial charge on any atom is 0.341 e. The molecule has 0 amide bonds. The number of rotatable bonds is 4. The normalized spacial score (nSPS) is 16.3. The van der Waals surface area contributed by atoms with E-state index in [2.05, 4.69) is 4.90 Å². The lowest BCUT2D eigenvalue weighted by atomic mass is 10.1. The molecule has 0 spiro atoms. The van der Waals surface area contributed by atoms with Crippen LogP contribution in [0.5, 0.6) is 0 Å². The molecule has 0 atom stereocenters. The molecule has 1 aliphatic rings. The summed E-state index contributed by atoms with van der Waals surface area (Å²) in [5, 5.41) is 9.16. The second-order valence-corrected chi connectivity index (χ2v) is 5.51. The van der Waals surface area contributed by atoms with Crippen LogP contribution in [0.2, 0.25) is 0 Å². The SMILES string of the molecule is Cc1cc(C)n(CCN2CCCCC2)c(=O)c1C(=O)O. The molecule has 20 heavy (non-hydrogen) atoms. The number of nitrogens with zero attached hydrogens (tertiary/aromatic N) is 2. The third-order valence-corrected chi connectivity index (χ3v) is 4.01. The number of pyridine rings is 1. The molecule has 2 heterocycles. The van der Waals surface area contributed by atoms with Crippen molar-refractivity contribution in [3.8, 4) is 0 Å². The molecule has 1 saturated heterocycles. The average molecular weight is 278 g/mol. The highest BCUT2D eigenvalue weighted by molar-refractivity contribution is 5.88. The number of carbonyl (C=O) groups is 1. The Morgan fingerprint density at radius 3 is 2.45 bits per heavy atom. The van der Waals surface area contributed by atoms with E-state index in [1.807, 2.05) is 6.92 Å². The molecule has 0 radical (unpaired) electrons. The summed E-state index contributed by atoms with van der Waals surface area (Å²) < 4.78 is 1.59. The van der Waals surface area contributed by atoms with Gasteiger partial charge in [-0.2, -0.15) is 0 Å². The van der Waals surface area contributed by atoms with Crippen molar-refractivity contribution in [3.63, 3.8) is 0 Å². The topological polar surface area (TPSA) is 62.5 Å². The molecule has 1 aromatic heterocycles. The molecular weight excluding hydrogens is 256 g/mol. The van der Waals surface area contributed by atoms with Crippen molar-refractivity contribution in [2.75, 3.05) is 19.6 Å². The number of aryl methyl sites for hydroxylation is 2. The summed E-state index contributed by atoms with van der Waals surface area (Å²) in [7, 11) is 0. The molecule has 1 aromatic rings. The van der Waals surface area contributed by atoms with E-state index >= 15 is 0 Å². The van der Waals surface area contributed by atoms with Crippen LogP contribution in [0.15, 0.2) is 10.9 Å². The molecule has 0 bridgehead atoms. The average Bonchev–Trinajstić information content (AvgIpc) is 2.38. The zero-order valence-corrected chi connectivity index (χ0v) is 12.2. The first-order valence-electron chi connectivity index (χ1n) is 7.17. The summed E-state index contributed by atoms with van der Waals surface area (Å²) in [5.74, 6) is -1.14. The van der Waals surface area contributed by atoms with Crippen LogP contribution in [0.1, 0.15) is 40.9 Å². The van der Waals surface area contributed by atoms with Crippen molar-refractivity contribution >= 4 is 5.97 Å². The van der Waals surface area contributed by atoms with Gasteiger partial charge in [0.15, 0.2) is 0 Å². The van der Waals surface area contributed by atoms with Gasteiger partial charge in [-0.05, 0) is 51.4 Å². The van der Waals surface area contributed by atoms with Gasteiger partial charge in [0.25, 0.3) is 5.56 Å². The minimum absolute atomic E-state index is 0.103. The highest BCUT2D eigenvalue weighted by Gasteiger charge is 2.17. The van der Waals surface area contributed by atoms with Crippen LogP contribution in [-0.2, 0) is 6.54 Å². The van der Waals surface area contributed by atoms with Crippen LogP contribution in [0, 0.1) is 13.8 Å². The minimum Gasteiger partial charge on any atom is -0.477 e. The number of piperidine rings is 1. The number of aromatic nitrogens is 1. The summed E-state index contributed by atoms with van der Waals surface area (Å²) in [6.07, 6.45) is 3.70. The van der Waals surface area contributed by atoms with Crippen LogP contribution in [0.25, 0.3) is 0 Å². The first-order chi connectivity index (χ1) is 9.50. The molecule has 0 unspecified atom stereocenters.